The number of carboxylic acids is 1. The fourth-order valence-electron chi connectivity index (χ4n) is 3.01. The number of aliphatic carboxylic acids is 1. The van der Waals surface area contributed by atoms with Crippen LogP contribution in [0.2, 0.25) is 0 Å². The Labute approximate surface area is 149 Å². The van der Waals surface area contributed by atoms with Crippen molar-refractivity contribution in [2.24, 2.45) is 5.41 Å². The number of hydrogen-bond donors (Lipinski definition) is 1. The number of piperidine rings is 1. The molecule has 0 aliphatic carbocycles. The topological polar surface area (TPSA) is 66.8 Å². The van der Waals surface area contributed by atoms with Gasteiger partial charge in [-0.1, -0.05) is 0 Å². The van der Waals surface area contributed by atoms with E-state index >= 15 is 0 Å². The molecule has 1 aromatic carbocycles. The van der Waals surface area contributed by atoms with Gasteiger partial charge in [0, 0.05) is 13.1 Å². The van der Waals surface area contributed by atoms with Crippen molar-refractivity contribution in [3.05, 3.63) is 35.1 Å². The number of amides is 1. The lowest BCUT2D eigenvalue weighted by Crippen LogP contribution is -2.48. The number of nitrogens with zero attached hydrogens (tertiary/aromatic N) is 1. The Kier molecular flexibility index (Phi) is 5.53. The number of hydrogen-bond acceptors (Lipinski definition) is 3. The van der Waals surface area contributed by atoms with Gasteiger partial charge in [0.1, 0.15) is 5.60 Å². The van der Waals surface area contributed by atoms with E-state index in [2.05, 4.69) is 0 Å². The first-order valence-electron chi connectivity index (χ1n) is 8.28. The van der Waals surface area contributed by atoms with Gasteiger partial charge >= 0.3 is 12.1 Å². The molecule has 1 aliphatic heterocycles. The van der Waals surface area contributed by atoms with Crippen LogP contribution in [-0.4, -0.2) is 40.8 Å². The largest absolute Gasteiger partial charge is 0.481 e. The van der Waals surface area contributed by atoms with Crippen LogP contribution in [-0.2, 0) is 16.0 Å². The molecule has 1 heterocycles. The van der Waals surface area contributed by atoms with Crippen LogP contribution in [0.25, 0.3) is 0 Å². The number of carbonyl (C=O) groups excluding carboxylic acids is 1. The molecule has 1 amide bonds. The average Bonchev–Trinajstić information content (AvgIpc) is 2.51. The third kappa shape index (κ3) is 4.47. The molecular weight excluding hydrogens is 351 g/mol. The monoisotopic (exact) mass is 373 g/mol. The van der Waals surface area contributed by atoms with Crippen LogP contribution in [0.1, 0.15) is 39.2 Å². The molecular formula is C18H22F3NO4. The highest BCUT2D eigenvalue weighted by Gasteiger charge is 2.43. The Morgan fingerprint density at radius 2 is 1.65 bits per heavy atom. The Bertz CT molecular complexity index is 684. The quantitative estimate of drug-likeness (QED) is 0.820. The molecule has 1 fully saturated rings. The zero-order chi connectivity index (χ0) is 19.7. The lowest BCUT2D eigenvalue weighted by atomic mass is 9.74. The van der Waals surface area contributed by atoms with Crippen LogP contribution in [0, 0.1) is 22.9 Å². The van der Waals surface area contributed by atoms with Crippen LogP contribution in [0.5, 0.6) is 0 Å². The Hall–Kier alpha value is -2.25. The van der Waals surface area contributed by atoms with Crippen LogP contribution in [0.15, 0.2) is 12.1 Å². The van der Waals surface area contributed by atoms with E-state index in [1.54, 1.807) is 20.8 Å². The van der Waals surface area contributed by atoms with E-state index in [1.807, 2.05) is 0 Å². The Morgan fingerprint density at radius 3 is 2.08 bits per heavy atom. The van der Waals surface area contributed by atoms with Crippen LogP contribution < -0.4 is 0 Å². The van der Waals surface area contributed by atoms with Gasteiger partial charge in [-0.05, 0) is 57.7 Å². The zero-order valence-electron chi connectivity index (χ0n) is 14.9. The van der Waals surface area contributed by atoms with Gasteiger partial charge in [-0.15, -0.1) is 0 Å². The predicted octanol–water partition coefficient (Wildman–Crippen LogP) is 3.75. The molecule has 1 saturated heterocycles. The van der Waals surface area contributed by atoms with Crippen molar-refractivity contribution in [2.75, 3.05) is 13.1 Å². The maximum atomic E-state index is 13.4. The third-order valence-electron chi connectivity index (χ3n) is 4.41. The van der Waals surface area contributed by atoms with Gasteiger partial charge in [-0.2, -0.15) is 0 Å². The van der Waals surface area contributed by atoms with Gasteiger partial charge in [0.05, 0.1) is 5.41 Å². The summed E-state index contributed by atoms with van der Waals surface area (Å²) in [5, 5.41) is 9.66. The predicted molar refractivity (Wildman–Crippen MR) is 87.1 cm³/mol. The number of rotatable bonds is 3. The summed E-state index contributed by atoms with van der Waals surface area (Å²) in [7, 11) is 0. The van der Waals surface area contributed by atoms with Crippen molar-refractivity contribution in [3.8, 4) is 0 Å². The van der Waals surface area contributed by atoms with Crippen molar-refractivity contribution < 1.29 is 32.6 Å². The summed E-state index contributed by atoms with van der Waals surface area (Å²) in [6.07, 6.45) is -0.487. The van der Waals surface area contributed by atoms with Crippen molar-refractivity contribution in [2.45, 2.75) is 45.6 Å². The fraction of sp³-hybridized carbons (Fsp3) is 0.556. The van der Waals surface area contributed by atoms with Crippen LogP contribution in [0.3, 0.4) is 0 Å². The van der Waals surface area contributed by atoms with E-state index in [0.29, 0.717) is 0 Å². The summed E-state index contributed by atoms with van der Waals surface area (Å²) in [6, 6.07) is 1.62. The van der Waals surface area contributed by atoms with Gasteiger partial charge in [0.25, 0.3) is 0 Å². The molecule has 1 N–H and O–H groups in total. The fourth-order valence-corrected chi connectivity index (χ4v) is 3.01. The SMILES string of the molecule is CC(C)(C)OC(=O)N1CCC(Cc2cc(F)c(F)c(F)c2)(C(=O)O)CC1. The molecule has 2 rings (SSSR count). The van der Waals surface area contributed by atoms with Crippen LogP contribution in [0.4, 0.5) is 18.0 Å². The smallest absolute Gasteiger partial charge is 0.410 e. The van der Waals surface area contributed by atoms with Crippen molar-refractivity contribution in [3.63, 3.8) is 0 Å². The summed E-state index contributed by atoms with van der Waals surface area (Å²) >= 11 is 0. The Morgan fingerprint density at radius 1 is 1.15 bits per heavy atom. The molecule has 1 aliphatic rings. The van der Waals surface area contributed by atoms with E-state index in [-0.39, 0.29) is 37.9 Å². The van der Waals surface area contributed by atoms with E-state index in [4.69, 9.17) is 4.74 Å². The second-order valence-corrected chi connectivity index (χ2v) is 7.60. The molecule has 0 atom stereocenters. The van der Waals surface area contributed by atoms with E-state index < -0.39 is 40.5 Å². The van der Waals surface area contributed by atoms with Gasteiger partial charge in [0.2, 0.25) is 0 Å². The molecule has 1 aromatic rings. The van der Waals surface area contributed by atoms with Crippen molar-refractivity contribution >= 4 is 12.1 Å². The third-order valence-corrected chi connectivity index (χ3v) is 4.41. The van der Waals surface area contributed by atoms with E-state index in [9.17, 15) is 27.9 Å². The van der Waals surface area contributed by atoms with Gasteiger partial charge in [-0.25, -0.2) is 18.0 Å². The van der Waals surface area contributed by atoms with E-state index in [0.717, 1.165) is 12.1 Å². The molecule has 8 heteroatoms. The summed E-state index contributed by atoms with van der Waals surface area (Å²) in [5.74, 6) is -5.41. The molecule has 26 heavy (non-hydrogen) atoms. The first-order valence-corrected chi connectivity index (χ1v) is 8.28. The molecule has 5 nitrogen and oxygen atoms in total. The summed E-state index contributed by atoms with van der Waals surface area (Å²) < 4.78 is 45.2. The molecule has 0 unspecified atom stereocenters. The summed E-state index contributed by atoms with van der Waals surface area (Å²) in [5.41, 5.74) is -1.88. The second-order valence-electron chi connectivity index (χ2n) is 7.60. The summed E-state index contributed by atoms with van der Waals surface area (Å²) in [4.78, 5) is 25.3. The second kappa shape index (κ2) is 7.17. The minimum absolute atomic E-state index is 0.0644. The first-order chi connectivity index (χ1) is 11.9. The molecule has 0 aromatic heterocycles. The Balaban J connectivity index is 2.13. The van der Waals surface area contributed by atoms with Gasteiger partial charge < -0.3 is 14.7 Å². The lowest BCUT2D eigenvalue weighted by molar-refractivity contribution is -0.152. The summed E-state index contributed by atoms with van der Waals surface area (Å²) in [6.45, 7) is 5.48. The normalized spacial score (nSPS) is 17.1. The number of benzene rings is 1. The number of likely N-dealkylation sites (tertiary alicyclic amines) is 1. The maximum absolute atomic E-state index is 13.4. The van der Waals surface area contributed by atoms with Gasteiger partial charge in [-0.3, -0.25) is 4.79 Å². The lowest BCUT2D eigenvalue weighted by Gasteiger charge is -2.39. The molecule has 144 valence electrons. The zero-order valence-corrected chi connectivity index (χ0v) is 14.9. The highest BCUT2D eigenvalue weighted by Crippen LogP contribution is 2.36. The first kappa shape index (κ1) is 20.1. The highest BCUT2D eigenvalue weighted by atomic mass is 19.2. The molecule has 0 radical (unpaired) electrons. The molecule has 0 spiro atoms. The van der Waals surface area contributed by atoms with Gasteiger partial charge in [0.15, 0.2) is 17.5 Å². The number of carboxylic acid groups (broad SMARTS) is 1. The number of carbonyl (C=O) groups is 2. The van der Waals surface area contributed by atoms with Crippen molar-refractivity contribution in [1.82, 2.24) is 4.90 Å². The number of ether oxygens (including phenoxy) is 1. The van der Waals surface area contributed by atoms with Crippen LogP contribution >= 0.6 is 0 Å². The molecule has 0 bridgehead atoms. The highest BCUT2D eigenvalue weighted by molar-refractivity contribution is 5.76. The standard InChI is InChI=1S/C18H22F3NO4/c1-17(2,3)26-16(25)22-6-4-18(5-7-22,15(23)24)10-11-8-12(19)14(21)13(20)9-11/h8-9H,4-7,10H2,1-3H3,(H,23,24). The minimum Gasteiger partial charge on any atom is -0.481 e. The number of halogens is 3. The van der Waals surface area contributed by atoms with Crippen molar-refractivity contribution in [1.29, 1.82) is 0 Å². The molecule has 0 saturated carbocycles. The van der Waals surface area contributed by atoms with E-state index in [1.165, 1.54) is 4.90 Å². The average molecular weight is 373 g/mol. The maximum Gasteiger partial charge on any atom is 0.410 e. The minimum atomic E-state index is -1.59.